The molecule has 6 heteroatoms. The third kappa shape index (κ3) is 1.70. The average Bonchev–Trinajstić information content (AvgIpc) is 2.13. The summed E-state index contributed by atoms with van der Waals surface area (Å²) in [5.74, 6) is 0. The van der Waals surface area contributed by atoms with Crippen molar-refractivity contribution in [3.05, 3.63) is 21.6 Å². The van der Waals surface area contributed by atoms with E-state index >= 15 is 0 Å². The molecule has 0 spiro atoms. The van der Waals surface area contributed by atoms with Crippen molar-refractivity contribution in [2.45, 2.75) is 0 Å². The third-order valence-corrected chi connectivity index (χ3v) is 1.98. The molecule has 0 unspecified atom stereocenters. The van der Waals surface area contributed by atoms with Crippen LogP contribution in [0.5, 0.6) is 0 Å². The molecule has 0 aliphatic heterocycles. The Morgan fingerprint density at radius 3 is 2.92 bits per heavy atom. The van der Waals surface area contributed by atoms with Crippen LogP contribution in [0.15, 0.2) is 16.1 Å². The Labute approximate surface area is 80.2 Å². The highest BCUT2D eigenvalue weighted by molar-refractivity contribution is 6.32. The summed E-state index contributed by atoms with van der Waals surface area (Å²) in [6, 6.07) is 0. The van der Waals surface area contributed by atoms with E-state index in [1.54, 1.807) is 7.05 Å². The van der Waals surface area contributed by atoms with Gasteiger partial charge in [-0.15, -0.1) is 0 Å². The van der Waals surface area contributed by atoms with Gasteiger partial charge in [-0.3, -0.25) is 9.80 Å². The molecule has 0 N–H and O–H groups in total. The monoisotopic (exact) mass is 200 g/mol. The van der Waals surface area contributed by atoms with E-state index < -0.39 is 0 Å². The van der Waals surface area contributed by atoms with Crippen molar-refractivity contribution in [3.63, 3.8) is 0 Å². The molecule has 13 heavy (non-hydrogen) atoms. The SMILES string of the molecule is C=NN(C)c1cnn(C)c(=O)c1Cl. The molecule has 0 saturated carbocycles. The van der Waals surface area contributed by atoms with Gasteiger partial charge >= 0.3 is 0 Å². The standard InChI is InChI=1S/C7H9ClN4O/c1-9-11(2)5-4-10-12(3)7(13)6(5)8/h4H,1H2,2-3H3. The molecule has 0 aromatic carbocycles. The van der Waals surface area contributed by atoms with Crippen LogP contribution in [-0.4, -0.2) is 23.5 Å². The number of halogens is 1. The summed E-state index contributed by atoms with van der Waals surface area (Å²) in [4.78, 5) is 11.3. The lowest BCUT2D eigenvalue weighted by molar-refractivity contribution is 0.705. The Kier molecular flexibility index (Phi) is 2.67. The summed E-state index contributed by atoms with van der Waals surface area (Å²) in [6.45, 7) is 3.31. The maximum absolute atomic E-state index is 11.3. The van der Waals surface area contributed by atoms with E-state index in [-0.39, 0.29) is 10.6 Å². The lowest BCUT2D eigenvalue weighted by Crippen LogP contribution is -2.22. The Bertz CT molecular complexity index is 387. The number of hydrogen-bond acceptors (Lipinski definition) is 4. The van der Waals surface area contributed by atoms with Crippen molar-refractivity contribution in [1.29, 1.82) is 0 Å². The first-order chi connectivity index (χ1) is 6.07. The molecule has 70 valence electrons. The summed E-state index contributed by atoms with van der Waals surface area (Å²) >= 11 is 5.77. The van der Waals surface area contributed by atoms with Crippen LogP contribution in [0.4, 0.5) is 5.69 Å². The Hall–Kier alpha value is -1.36. The number of aryl methyl sites for hydroxylation is 1. The van der Waals surface area contributed by atoms with E-state index in [0.29, 0.717) is 5.69 Å². The van der Waals surface area contributed by atoms with Gasteiger partial charge in [-0.1, -0.05) is 11.6 Å². The lowest BCUT2D eigenvalue weighted by Gasteiger charge is -2.12. The summed E-state index contributed by atoms with van der Waals surface area (Å²) in [6.07, 6.45) is 1.46. The highest BCUT2D eigenvalue weighted by Crippen LogP contribution is 2.18. The first kappa shape index (κ1) is 9.73. The zero-order valence-corrected chi connectivity index (χ0v) is 8.12. The molecule has 0 radical (unpaired) electrons. The normalized spacial score (nSPS) is 9.77. The Morgan fingerprint density at radius 2 is 2.38 bits per heavy atom. The van der Waals surface area contributed by atoms with Crippen LogP contribution in [0.25, 0.3) is 0 Å². The number of anilines is 1. The molecule has 1 aromatic rings. The lowest BCUT2D eigenvalue weighted by atomic mass is 10.4. The van der Waals surface area contributed by atoms with Gasteiger partial charge in [0.25, 0.3) is 5.56 Å². The van der Waals surface area contributed by atoms with Crippen LogP contribution in [-0.2, 0) is 7.05 Å². The van der Waals surface area contributed by atoms with Crippen molar-refractivity contribution in [2.75, 3.05) is 12.1 Å². The van der Waals surface area contributed by atoms with Gasteiger partial charge in [0, 0.05) is 20.8 Å². The second-order valence-corrected chi connectivity index (χ2v) is 2.82. The Morgan fingerprint density at radius 1 is 1.77 bits per heavy atom. The second kappa shape index (κ2) is 3.57. The molecule has 0 atom stereocenters. The fourth-order valence-corrected chi connectivity index (χ4v) is 1.10. The minimum atomic E-state index is -0.352. The fraction of sp³-hybridized carbons (Fsp3) is 0.286. The van der Waals surface area contributed by atoms with Gasteiger partial charge < -0.3 is 0 Å². The van der Waals surface area contributed by atoms with Gasteiger partial charge in [0.2, 0.25) is 0 Å². The minimum absolute atomic E-state index is 0.0902. The predicted octanol–water partition coefficient (Wildman–Crippen LogP) is 0.486. The van der Waals surface area contributed by atoms with Crippen molar-refractivity contribution in [3.8, 4) is 0 Å². The van der Waals surface area contributed by atoms with Crippen molar-refractivity contribution < 1.29 is 0 Å². The van der Waals surface area contributed by atoms with Crippen LogP contribution in [0.3, 0.4) is 0 Å². The van der Waals surface area contributed by atoms with Crippen LogP contribution < -0.4 is 10.6 Å². The van der Waals surface area contributed by atoms with E-state index in [1.807, 2.05) is 0 Å². The quantitative estimate of drug-likeness (QED) is 0.516. The van der Waals surface area contributed by atoms with E-state index in [9.17, 15) is 4.79 Å². The highest BCUT2D eigenvalue weighted by Gasteiger charge is 2.09. The molecule has 0 bridgehead atoms. The van der Waals surface area contributed by atoms with Gasteiger partial charge in [0.1, 0.15) is 10.7 Å². The summed E-state index contributed by atoms with van der Waals surface area (Å²) < 4.78 is 1.16. The molecule has 0 amide bonds. The molecule has 0 aliphatic carbocycles. The van der Waals surface area contributed by atoms with Crippen LogP contribution in [0.1, 0.15) is 0 Å². The molecule has 0 fully saturated rings. The first-order valence-corrected chi connectivity index (χ1v) is 3.88. The maximum atomic E-state index is 11.3. The summed E-state index contributed by atoms with van der Waals surface area (Å²) in [7, 11) is 3.16. The zero-order valence-electron chi connectivity index (χ0n) is 7.36. The minimum Gasteiger partial charge on any atom is -0.266 e. The zero-order chi connectivity index (χ0) is 10.0. The summed E-state index contributed by atoms with van der Waals surface area (Å²) in [5.41, 5.74) is 0.0921. The maximum Gasteiger partial charge on any atom is 0.287 e. The van der Waals surface area contributed by atoms with Gasteiger partial charge in [-0.25, -0.2) is 4.68 Å². The number of hydrogen-bond donors (Lipinski definition) is 0. The molecule has 0 saturated heterocycles. The molecule has 0 aliphatic rings. The van der Waals surface area contributed by atoms with Crippen molar-refractivity contribution in [1.82, 2.24) is 9.78 Å². The first-order valence-electron chi connectivity index (χ1n) is 3.50. The predicted molar refractivity (Wildman–Crippen MR) is 52.4 cm³/mol. The molecule has 1 heterocycles. The van der Waals surface area contributed by atoms with Gasteiger partial charge in [0.05, 0.1) is 6.20 Å². The van der Waals surface area contributed by atoms with E-state index in [2.05, 4.69) is 16.9 Å². The van der Waals surface area contributed by atoms with E-state index in [4.69, 9.17) is 11.6 Å². The van der Waals surface area contributed by atoms with Crippen LogP contribution in [0, 0.1) is 0 Å². The largest absolute Gasteiger partial charge is 0.287 e. The highest BCUT2D eigenvalue weighted by atomic mass is 35.5. The average molecular weight is 201 g/mol. The molecule has 1 rings (SSSR count). The van der Waals surface area contributed by atoms with Gasteiger partial charge in [-0.05, 0) is 0 Å². The van der Waals surface area contributed by atoms with E-state index in [0.717, 1.165) is 4.68 Å². The smallest absolute Gasteiger partial charge is 0.266 e. The van der Waals surface area contributed by atoms with E-state index in [1.165, 1.54) is 18.3 Å². The molecular formula is C7H9ClN4O. The molecular weight excluding hydrogens is 192 g/mol. The summed E-state index contributed by atoms with van der Waals surface area (Å²) in [5, 5.41) is 8.88. The third-order valence-electron chi connectivity index (χ3n) is 1.62. The van der Waals surface area contributed by atoms with Crippen molar-refractivity contribution >= 4 is 24.0 Å². The van der Waals surface area contributed by atoms with Crippen LogP contribution >= 0.6 is 11.6 Å². The number of hydrazone groups is 1. The second-order valence-electron chi connectivity index (χ2n) is 2.44. The Balaban J connectivity index is 3.34. The van der Waals surface area contributed by atoms with Gasteiger partial charge in [0.15, 0.2) is 0 Å². The fourth-order valence-electron chi connectivity index (χ4n) is 0.804. The molecule has 1 aromatic heterocycles. The number of rotatable bonds is 2. The molecule has 5 nitrogen and oxygen atoms in total. The van der Waals surface area contributed by atoms with Crippen molar-refractivity contribution in [2.24, 2.45) is 12.1 Å². The topological polar surface area (TPSA) is 50.5 Å². The van der Waals surface area contributed by atoms with Crippen LogP contribution in [0.2, 0.25) is 5.02 Å². The number of aromatic nitrogens is 2. The number of nitrogens with zero attached hydrogens (tertiary/aromatic N) is 4. The van der Waals surface area contributed by atoms with Gasteiger partial charge in [-0.2, -0.15) is 10.2 Å².